The molecule has 140 valence electrons. The van der Waals surface area contributed by atoms with Gasteiger partial charge >= 0.3 is 0 Å². The number of likely N-dealkylation sites (tertiary alicyclic amines) is 1. The lowest BCUT2D eigenvalue weighted by molar-refractivity contribution is 0.102. The molecular weight excluding hydrogens is 368 g/mol. The van der Waals surface area contributed by atoms with Gasteiger partial charge in [-0.2, -0.15) is 16.9 Å². The molecule has 0 radical (unpaired) electrons. The zero-order valence-electron chi connectivity index (χ0n) is 15.2. The monoisotopic (exact) mass is 392 g/mol. The number of thioether (sulfide) groups is 1. The Morgan fingerprint density at radius 1 is 1.35 bits per heavy atom. The molecule has 1 amide bonds. The molecule has 1 unspecified atom stereocenters. The summed E-state index contributed by atoms with van der Waals surface area (Å²) in [5.41, 5.74) is 0.475. The number of nitrogens with zero attached hydrogens (tertiary/aromatic N) is 3. The number of nitrogens with one attached hydrogen (secondary N) is 1. The third kappa shape index (κ3) is 4.42. The highest BCUT2D eigenvalue weighted by molar-refractivity contribution is 7.98. The number of anilines is 1. The van der Waals surface area contributed by atoms with Gasteiger partial charge in [-0.15, -0.1) is 0 Å². The summed E-state index contributed by atoms with van der Waals surface area (Å²) in [5, 5.41) is 7.87. The smallest absolute Gasteiger partial charge is 0.258 e. The first-order valence-electron chi connectivity index (χ1n) is 8.92. The topological polar surface area (TPSA) is 50.2 Å². The Kier molecular flexibility index (Phi) is 6.62. The molecule has 1 N–H and O–H groups in total. The van der Waals surface area contributed by atoms with Gasteiger partial charge in [-0.25, -0.2) is 4.68 Å². The summed E-state index contributed by atoms with van der Waals surface area (Å²) >= 11 is 8.02. The van der Waals surface area contributed by atoms with E-state index in [0.717, 1.165) is 37.5 Å². The normalized spacial score (nSPS) is 17.2. The van der Waals surface area contributed by atoms with Crippen LogP contribution in [0.25, 0.3) is 0 Å². The van der Waals surface area contributed by atoms with Crippen molar-refractivity contribution in [3.8, 4) is 0 Å². The van der Waals surface area contributed by atoms with Crippen molar-refractivity contribution in [1.82, 2.24) is 14.7 Å². The Morgan fingerprint density at radius 2 is 2.08 bits per heavy atom. The summed E-state index contributed by atoms with van der Waals surface area (Å²) in [4.78, 5) is 15.1. The molecule has 1 aliphatic rings. The maximum atomic E-state index is 12.5. The fraction of sp³-hybridized carbons (Fsp3) is 0.474. The van der Waals surface area contributed by atoms with E-state index in [0.29, 0.717) is 22.7 Å². The number of hydrogen-bond donors (Lipinski definition) is 1. The number of carbonyl (C=O) groups is 1. The largest absolute Gasteiger partial charge is 0.307 e. The Labute approximate surface area is 164 Å². The van der Waals surface area contributed by atoms with E-state index in [1.807, 2.05) is 34.6 Å². The number of rotatable bonds is 6. The first-order chi connectivity index (χ1) is 12.6. The maximum Gasteiger partial charge on any atom is 0.258 e. The Hall–Kier alpha value is -1.50. The van der Waals surface area contributed by atoms with Crippen LogP contribution in [0.4, 0.5) is 5.82 Å². The summed E-state index contributed by atoms with van der Waals surface area (Å²) in [7, 11) is 0. The Balaban J connectivity index is 1.64. The van der Waals surface area contributed by atoms with Crippen LogP contribution in [0.15, 0.2) is 36.5 Å². The van der Waals surface area contributed by atoms with E-state index in [2.05, 4.69) is 28.5 Å². The van der Waals surface area contributed by atoms with Crippen molar-refractivity contribution >= 4 is 35.1 Å². The van der Waals surface area contributed by atoms with E-state index in [1.54, 1.807) is 18.3 Å². The molecule has 2 heterocycles. The van der Waals surface area contributed by atoms with Gasteiger partial charge in [0.05, 0.1) is 22.8 Å². The average Bonchev–Trinajstić information content (AvgIpc) is 3.10. The molecule has 0 aliphatic carbocycles. The van der Waals surface area contributed by atoms with E-state index < -0.39 is 0 Å². The van der Waals surface area contributed by atoms with Gasteiger partial charge in [-0.1, -0.05) is 23.7 Å². The standard InChI is InChI=1S/C19H25ClN4OS/c1-14(13-26-2)23-11-8-15(9-12-23)24-18(7-10-21-24)22-19(25)16-5-3-4-6-17(16)20/h3-7,10,14-15H,8-9,11-13H2,1-2H3,(H,22,25). The molecule has 0 spiro atoms. The summed E-state index contributed by atoms with van der Waals surface area (Å²) in [6.45, 7) is 4.41. The first kappa shape index (κ1) is 19.3. The molecule has 3 rings (SSSR count). The highest BCUT2D eigenvalue weighted by Gasteiger charge is 2.25. The number of halogens is 1. The van der Waals surface area contributed by atoms with E-state index in [1.165, 1.54) is 0 Å². The maximum absolute atomic E-state index is 12.5. The molecule has 5 nitrogen and oxygen atoms in total. The average molecular weight is 393 g/mol. The van der Waals surface area contributed by atoms with Gasteiger partial charge in [0.2, 0.25) is 0 Å². The first-order valence-corrected chi connectivity index (χ1v) is 10.7. The number of piperidine rings is 1. The molecule has 1 aliphatic heterocycles. The fourth-order valence-corrected chi connectivity index (χ4v) is 4.37. The van der Waals surface area contributed by atoms with Crippen LogP contribution in [-0.2, 0) is 0 Å². The van der Waals surface area contributed by atoms with Crippen LogP contribution < -0.4 is 5.32 Å². The molecule has 26 heavy (non-hydrogen) atoms. The SMILES string of the molecule is CSCC(C)N1CCC(n2nccc2NC(=O)c2ccccc2Cl)CC1. The number of amides is 1. The molecule has 1 atom stereocenters. The molecule has 0 bridgehead atoms. The second kappa shape index (κ2) is 8.93. The number of aromatic nitrogens is 2. The number of carbonyl (C=O) groups excluding carboxylic acids is 1. The predicted octanol–water partition coefficient (Wildman–Crippen LogP) is 4.18. The Morgan fingerprint density at radius 3 is 2.77 bits per heavy atom. The summed E-state index contributed by atoms with van der Waals surface area (Å²) in [5.74, 6) is 1.68. The highest BCUT2D eigenvalue weighted by Crippen LogP contribution is 2.27. The summed E-state index contributed by atoms with van der Waals surface area (Å²) < 4.78 is 1.95. The third-order valence-corrected chi connectivity index (χ3v) is 6.05. The second-order valence-electron chi connectivity index (χ2n) is 6.67. The fourth-order valence-electron chi connectivity index (χ4n) is 3.45. The summed E-state index contributed by atoms with van der Waals surface area (Å²) in [6.07, 6.45) is 5.97. The van der Waals surface area contributed by atoms with Gasteiger partial charge in [0, 0.05) is 31.0 Å². The second-order valence-corrected chi connectivity index (χ2v) is 7.98. The lowest BCUT2D eigenvalue weighted by atomic mass is 10.0. The van der Waals surface area contributed by atoms with Crippen molar-refractivity contribution in [2.45, 2.75) is 31.8 Å². The van der Waals surface area contributed by atoms with E-state index in [-0.39, 0.29) is 5.91 Å². The Bertz CT molecular complexity index is 743. The lowest BCUT2D eigenvalue weighted by Gasteiger charge is -2.36. The van der Waals surface area contributed by atoms with E-state index >= 15 is 0 Å². The van der Waals surface area contributed by atoms with Gasteiger partial charge in [0.15, 0.2) is 0 Å². The minimum atomic E-state index is -0.205. The third-order valence-electron chi connectivity index (χ3n) is 4.91. The molecule has 1 aromatic heterocycles. The van der Waals surface area contributed by atoms with Crippen LogP contribution >= 0.6 is 23.4 Å². The van der Waals surface area contributed by atoms with Gasteiger partial charge < -0.3 is 5.32 Å². The minimum Gasteiger partial charge on any atom is -0.307 e. The van der Waals surface area contributed by atoms with Crippen LogP contribution in [0, 0.1) is 0 Å². The molecule has 7 heteroatoms. The van der Waals surface area contributed by atoms with Gasteiger partial charge in [0.1, 0.15) is 5.82 Å². The van der Waals surface area contributed by atoms with Gasteiger partial charge in [-0.3, -0.25) is 9.69 Å². The van der Waals surface area contributed by atoms with E-state index in [4.69, 9.17) is 11.6 Å². The van der Waals surface area contributed by atoms with Crippen molar-refractivity contribution in [1.29, 1.82) is 0 Å². The van der Waals surface area contributed by atoms with Crippen LogP contribution in [0.1, 0.15) is 36.2 Å². The van der Waals surface area contributed by atoms with Crippen molar-refractivity contribution in [3.05, 3.63) is 47.1 Å². The van der Waals surface area contributed by atoms with Crippen LogP contribution in [0.5, 0.6) is 0 Å². The van der Waals surface area contributed by atoms with Gasteiger partial charge in [0.25, 0.3) is 5.91 Å². The number of hydrogen-bond acceptors (Lipinski definition) is 4. The molecule has 1 fully saturated rings. The van der Waals surface area contributed by atoms with Crippen LogP contribution in [-0.4, -0.2) is 51.7 Å². The van der Waals surface area contributed by atoms with Crippen LogP contribution in [0.3, 0.4) is 0 Å². The lowest BCUT2D eigenvalue weighted by Crippen LogP contribution is -2.41. The summed E-state index contributed by atoms with van der Waals surface area (Å²) in [6, 6.07) is 9.83. The molecule has 0 saturated carbocycles. The van der Waals surface area contributed by atoms with Crippen LogP contribution in [0.2, 0.25) is 5.02 Å². The number of benzene rings is 1. The molecule has 1 saturated heterocycles. The van der Waals surface area contributed by atoms with Crippen molar-refractivity contribution in [2.75, 3.05) is 30.4 Å². The molecular formula is C19H25ClN4OS. The molecule has 1 aromatic carbocycles. The molecule has 2 aromatic rings. The van der Waals surface area contributed by atoms with E-state index in [9.17, 15) is 4.79 Å². The van der Waals surface area contributed by atoms with Gasteiger partial charge in [-0.05, 0) is 38.2 Å². The van der Waals surface area contributed by atoms with Crippen molar-refractivity contribution in [2.24, 2.45) is 0 Å². The zero-order valence-corrected chi connectivity index (χ0v) is 16.8. The van der Waals surface area contributed by atoms with Crippen molar-refractivity contribution in [3.63, 3.8) is 0 Å². The minimum absolute atomic E-state index is 0.205. The highest BCUT2D eigenvalue weighted by atomic mass is 35.5. The zero-order chi connectivity index (χ0) is 18.5. The quantitative estimate of drug-likeness (QED) is 0.801. The predicted molar refractivity (Wildman–Crippen MR) is 109 cm³/mol. The van der Waals surface area contributed by atoms with Crippen molar-refractivity contribution < 1.29 is 4.79 Å².